The maximum Gasteiger partial charge on any atom is 0.353 e. The fraction of sp³-hybridized carbons (Fsp3) is 0.500. The minimum absolute atomic E-state index is 0.110. The van der Waals surface area contributed by atoms with Crippen LogP contribution in [0.3, 0.4) is 0 Å². The average molecular weight is 290 g/mol. The molecule has 0 spiro atoms. The molecule has 6 nitrogen and oxygen atoms in total. The normalized spacial score (nSPS) is 27.3. The highest BCUT2D eigenvalue weighted by Gasteiger charge is 2.53. The van der Waals surface area contributed by atoms with Gasteiger partial charge in [-0.1, -0.05) is 11.6 Å². The van der Waals surface area contributed by atoms with Crippen molar-refractivity contribution >= 4 is 41.6 Å². The maximum atomic E-state index is 11.9. The van der Waals surface area contributed by atoms with E-state index in [4.69, 9.17) is 16.7 Å². The summed E-state index contributed by atoms with van der Waals surface area (Å²) >= 11 is 7.28. The van der Waals surface area contributed by atoms with E-state index in [9.17, 15) is 9.59 Å². The van der Waals surface area contributed by atoms with Gasteiger partial charge in [0.05, 0.1) is 11.4 Å². The summed E-state index contributed by atoms with van der Waals surface area (Å²) in [5.74, 6) is -1.10. The van der Waals surface area contributed by atoms with Crippen LogP contribution < -0.4 is 0 Å². The Hall–Kier alpha value is -1.21. The molecule has 1 fully saturated rings. The number of nitrogens with zero attached hydrogens (tertiary/aromatic N) is 3. The van der Waals surface area contributed by atoms with E-state index in [-0.39, 0.29) is 22.0 Å². The molecule has 0 unspecified atom stereocenters. The summed E-state index contributed by atoms with van der Waals surface area (Å²) in [5.41, 5.74) is -0.110. The zero-order chi connectivity index (χ0) is 13.4. The fourth-order valence-electron chi connectivity index (χ4n) is 1.77. The average Bonchev–Trinajstić information content (AvgIpc) is 2.28. The van der Waals surface area contributed by atoms with Crippen LogP contribution in [0, 0.1) is 0 Å². The number of halogens is 1. The lowest BCUT2D eigenvalue weighted by Gasteiger charge is -2.47. The van der Waals surface area contributed by atoms with Crippen LogP contribution in [0.2, 0.25) is 0 Å². The van der Waals surface area contributed by atoms with Crippen LogP contribution in [0.15, 0.2) is 15.7 Å². The Morgan fingerprint density at radius 1 is 1.67 bits per heavy atom. The Kier molecular flexibility index (Phi) is 3.54. The number of carbonyl (C=O) groups excluding carboxylic acids is 1. The minimum atomic E-state index is -1.17. The number of carboxylic acid groups (broad SMARTS) is 1. The summed E-state index contributed by atoms with van der Waals surface area (Å²) in [6.45, 7) is 0. The lowest BCUT2D eigenvalue weighted by molar-refractivity contribution is -0.147. The Morgan fingerprint density at radius 3 is 2.89 bits per heavy atom. The van der Waals surface area contributed by atoms with Gasteiger partial charge in [0, 0.05) is 19.8 Å². The highest BCUT2D eigenvalue weighted by atomic mass is 35.5. The van der Waals surface area contributed by atoms with Crippen molar-refractivity contribution in [2.45, 2.75) is 11.4 Å². The number of hydrogen-bond donors (Lipinski definition) is 1. The van der Waals surface area contributed by atoms with E-state index < -0.39 is 12.0 Å². The number of carbonyl (C=O) groups is 2. The second kappa shape index (κ2) is 4.81. The van der Waals surface area contributed by atoms with Crippen molar-refractivity contribution in [3.8, 4) is 0 Å². The van der Waals surface area contributed by atoms with E-state index in [1.807, 2.05) is 0 Å². The van der Waals surface area contributed by atoms with E-state index in [0.29, 0.717) is 5.75 Å². The van der Waals surface area contributed by atoms with Gasteiger partial charge in [-0.2, -0.15) is 0 Å². The van der Waals surface area contributed by atoms with Gasteiger partial charge in [0.25, 0.3) is 5.91 Å². The van der Waals surface area contributed by atoms with Gasteiger partial charge in [0.15, 0.2) is 6.04 Å². The monoisotopic (exact) mass is 289 g/mol. The van der Waals surface area contributed by atoms with Crippen LogP contribution in [0.25, 0.3) is 0 Å². The molecule has 0 aromatic rings. The summed E-state index contributed by atoms with van der Waals surface area (Å²) in [6, 6.07) is -0.517. The van der Waals surface area contributed by atoms with Gasteiger partial charge in [-0.05, 0) is 0 Å². The summed E-state index contributed by atoms with van der Waals surface area (Å²) in [7, 11) is 3.61. The Balaban J connectivity index is 2.21. The predicted octanol–water partition coefficient (Wildman–Crippen LogP) is 0.395. The first-order valence-electron chi connectivity index (χ1n) is 5.20. The fourth-order valence-corrected chi connectivity index (χ4v) is 3.31. The van der Waals surface area contributed by atoms with Crippen molar-refractivity contribution in [3.63, 3.8) is 0 Å². The molecule has 0 radical (unpaired) electrons. The Bertz CT molecular complexity index is 463. The molecule has 2 heterocycles. The zero-order valence-electron chi connectivity index (χ0n) is 9.83. The number of carboxylic acids is 1. The molecule has 2 aliphatic rings. The third kappa shape index (κ3) is 2.08. The quantitative estimate of drug-likeness (QED) is 0.462. The van der Waals surface area contributed by atoms with Gasteiger partial charge >= 0.3 is 5.97 Å². The molecule has 0 saturated carbocycles. The van der Waals surface area contributed by atoms with E-state index in [1.54, 1.807) is 25.3 Å². The number of aliphatic imine (C=N–C) groups is 1. The van der Waals surface area contributed by atoms with Gasteiger partial charge < -0.3 is 10.0 Å². The molecule has 1 N–H and O–H groups in total. The topological polar surface area (TPSA) is 73.2 Å². The molecular formula is C10H12ClN3O3S. The summed E-state index contributed by atoms with van der Waals surface area (Å²) in [6.07, 6.45) is 1.56. The van der Waals surface area contributed by atoms with E-state index in [2.05, 4.69) is 4.99 Å². The smallest absolute Gasteiger partial charge is 0.353 e. The zero-order valence-corrected chi connectivity index (χ0v) is 11.4. The lowest BCUT2D eigenvalue weighted by Crippen LogP contribution is -2.64. The summed E-state index contributed by atoms with van der Waals surface area (Å²) < 4.78 is 0. The molecule has 8 heteroatoms. The first-order valence-corrected chi connectivity index (χ1v) is 6.62. The molecule has 18 heavy (non-hydrogen) atoms. The van der Waals surface area contributed by atoms with Crippen molar-refractivity contribution < 1.29 is 14.7 Å². The van der Waals surface area contributed by atoms with E-state index in [0.717, 1.165) is 0 Å². The van der Waals surface area contributed by atoms with Crippen molar-refractivity contribution in [2.24, 2.45) is 4.99 Å². The van der Waals surface area contributed by atoms with Crippen LogP contribution in [-0.2, 0) is 9.59 Å². The van der Waals surface area contributed by atoms with Crippen molar-refractivity contribution in [3.05, 3.63) is 10.7 Å². The molecular weight excluding hydrogens is 278 g/mol. The Morgan fingerprint density at radius 2 is 2.33 bits per heavy atom. The van der Waals surface area contributed by atoms with Crippen LogP contribution in [0.4, 0.5) is 0 Å². The van der Waals surface area contributed by atoms with Crippen molar-refractivity contribution in [1.82, 2.24) is 9.80 Å². The second-order valence-corrected chi connectivity index (χ2v) is 5.70. The molecule has 0 aliphatic carbocycles. The highest BCUT2D eigenvalue weighted by Crippen LogP contribution is 2.42. The molecule has 2 rings (SSSR count). The van der Waals surface area contributed by atoms with E-state index >= 15 is 0 Å². The molecule has 2 aliphatic heterocycles. The van der Waals surface area contributed by atoms with E-state index in [1.165, 1.54) is 16.7 Å². The molecule has 98 valence electrons. The number of β-lactam (4-membered cyclic amide) rings is 1. The maximum absolute atomic E-state index is 11.9. The molecule has 0 bridgehead atoms. The molecule has 0 aromatic heterocycles. The standard InChI is InChI=1S/C10H12ClN3O3S/c1-13(2)4-12-6-8(15)14-7(10(16)17)5(11)3-18-9(6)14/h4,6,9H,3H2,1-2H3,(H,16,17)/b12-4+/t6-,9-/m1/s1. The van der Waals surface area contributed by atoms with Crippen molar-refractivity contribution in [1.29, 1.82) is 0 Å². The molecule has 1 saturated heterocycles. The third-order valence-electron chi connectivity index (χ3n) is 2.55. The number of hydrogen-bond acceptors (Lipinski definition) is 4. The molecule has 0 aromatic carbocycles. The van der Waals surface area contributed by atoms with Gasteiger partial charge in [-0.15, -0.1) is 11.8 Å². The summed E-state index contributed by atoms with van der Waals surface area (Å²) in [5, 5.41) is 9.00. The van der Waals surface area contributed by atoms with Gasteiger partial charge in [-0.3, -0.25) is 14.7 Å². The number of rotatable bonds is 3. The first kappa shape index (κ1) is 13.2. The lowest BCUT2D eigenvalue weighted by atomic mass is 10.1. The number of thioether (sulfide) groups is 1. The highest BCUT2D eigenvalue weighted by molar-refractivity contribution is 8.00. The van der Waals surface area contributed by atoms with Crippen LogP contribution in [0.1, 0.15) is 0 Å². The SMILES string of the molecule is CN(C)/C=N/[C@@H]1C(=O)N2C(C(=O)O)=C(Cl)CS[C@H]12. The molecule has 2 atom stereocenters. The number of amides is 1. The number of aliphatic carboxylic acids is 1. The molecule has 1 amide bonds. The predicted molar refractivity (Wildman–Crippen MR) is 69.6 cm³/mol. The number of fused-ring (bicyclic) bond motifs is 1. The van der Waals surface area contributed by atoms with Gasteiger partial charge in [0.2, 0.25) is 0 Å². The van der Waals surface area contributed by atoms with Crippen molar-refractivity contribution in [2.75, 3.05) is 19.8 Å². The second-order valence-electron chi connectivity index (χ2n) is 4.14. The Labute approximate surface area is 113 Å². The third-order valence-corrected chi connectivity index (χ3v) is 4.29. The largest absolute Gasteiger partial charge is 0.477 e. The summed E-state index contributed by atoms with van der Waals surface area (Å²) in [4.78, 5) is 30.1. The van der Waals surface area contributed by atoms with Crippen LogP contribution >= 0.6 is 23.4 Å². The van der Waals surface area contributed by atoms with Crippen LogP contribution in [-0.4, -0.2) is 64.4 Å². The van der Waals surface area contributed by atoms with Crippen LogP contribution in [0.5, 0.6) is 0 Å². The first-order chi connectivity index (χ1) is 8.43. The van der Waals surface area contributed by atoms with Gasteiger partial charge in [0.1, 0.15) is 11.1 Å². The van der Waals surface area contributed by atoms with Gasteiger partial charge in [-0.25, -0.2) is 4.79 Å². The minimum Gasteiger partial charge on any atom is -0.477 e.